The Bertz CT molecular complexity index is 448. The van der Waals surface area contributed by atoms with E-state index >= 15 is 0 Å². The maximum Gasteiger partial charge on any atom is 0.416 e. The van der Waals surface area contributed by atoms with Crippen molar-refractivity contribution in [2.75, 3.05) is 0 Å². The molecule has 1 aromatic carbocycles. The molecule has 1 aromatic rings. The Morgan fingerprint density at radius 3 is 2.53 bits per heavy atom. The van der Waals surface area contributed by atoms with Crippen molar-refractivity contribution in [3.63, 3.8) is 0 Å². The number of hydrogen-bond donors (Lipinski definition) is 0. The molecular formula is C11H7F3O. The summed E-state index contributed by atoms with van der Waals surface area (Å²) in [6.45, 7) is 0. The van der Waals surface area contributed by atoms with E-state index in [2.05, 4.69) is 0 Å². The molecular weight excluding hydrogens is 205 g/mol. The summed E-state index contributed by atoms with van der Waals surface area (Å²) >= 11 is 0. The average molecular weight is 212 g/mol. The monoisotopic (exact) mass is 212 g/mol. The summed E-state index contributed by atoms with van der Waals surface area (Å²) in [5.74, 6) is 0. The van der Waals surface area contributed by atoms with Gasteiger partial charge >= 0.3 is 6.18 Å². The van der Waals surface area contributed by atoms with E-state index in [1.54, 1.807) is 18.2 Å². The first-order valence-electron chi connectivity index (χ1n) is 4.61. The zero-order valence-electron chi connectivity index (χ0n) is 7.58. The lowest BCUT2D eigenvalue weighted by Crippen LogP contribution is -2.11. The van der Waals surface area contributed by atoms with Crippen molar-refractivity contribution in [2.45, 2.75) is 18.4 Å². The van der Waals surface area contributed by atoms with Crippen LogP contribution in [0.25, 0.3) is 0 Å². The SMILES string of the molecule is FC(F)(F)c1cccc2c1[C@H]1C=C[C@H]2O1. The first kappa shape index (κ1) is 8.97. The number of hydrogen-bond acceptors (Lipinski definition) is 1. The van der Waals surface area contributed by atoms with E-state index in [4.69, 9.17) is 4.74 Å². The summed E-state index contributed by atoms with van der Waals surface area (Å²) in [6, 6.07) is 4.23. The van der Waals surface area contributed by atoms with E-state index in [0.717, 1.165) is 6.07 Å². The molecule has 0 saturated carbocycles. The van der Waals surface area contributed by atoms with Crippen molar-refractivity contribution >= 4 is 0 Å². The van der Waals surface area contributed by atoms with Gasteiger partial charge in [0.25, 0.3) is 0 Å². The van der Waals surface area contributed by atoms with Gasteiger partial charge in [-0.2, -0.15) is 13.2 Å². The summed E-state index contributed by atoms with van der Waals surface area (Å²) in [7, 11) is 0. The van der Waals surface area contributed by atoms with Gasteiger partial charge < -0.3 is 4.74 Å². The minimum absolute atomic E-state index is 0.285. The molecule has 0 spiro atoms. The third-order valence-corrected chi connectivity index (χ3v) is 2.79. The largest absolute Gasteiger partial charge is 0.416 e. The molecule has 2 aliphatic rings. The van der Waals surface area contributed by atoms with E-state index in [-0.39, 0.29) is 11.7 Å². The van der Waals surface area contributed by atoms with Gasteiger partial charge in [-0.05, 0) is 11.6 Å². The highest BCUT2D eigenvalue weighted by molar-refractivity contribution is 5.48. The molecule has 4 heteroatoms. The molecule has 0 radical (unpaired) electrons. The van der Waals surface area contributed by atoms with Gasteiger partial charge in [0.2, 0.25) is 0 Å². The molecule has 0 amide bonds. The number of alkyl halides is 3. The first-order chi connectivity index (χ1) is 7.07. The number of rotatable bonds is 0. The molecule has 2 heterocycles. The highest BCUT2D eigenvalue weighted by Crippen LogP contribution is 2.50. The second-order valence-corrected chi connectivity index (χ2v) is 3.67. The quantitative estimate of drug-likeness (QED) is 0.599. The van der Waals surface area contributed by atoms with E-state index in [1.165, 1.54) is 6.07 Å². The van der Waals surface area contributed by atoms with Crippen LogP contribution in [0, 0.1) is 0 Å². The van der Waals surface area contributed by atoms with Crippen molar-refractivity contribution in [1.82, 2.24) is 0 Å². The van der Waals surface area contributed by atoms with E-state index < -0.39 is 17.8 Å². The van der Waals surface area contributed by atoms with Crippen LogP contribution in [0.1, 0.15) is 28.9 Å². The van der Waals surface area contributed by atoms with E-state index in [9.17, 15) is 13.2 Å². The fourth-order valence-corrected chi connectivity index (χ4v) is 2.19. The second kappa shape index (κ2) is 2.64. The molecule has 0 aliphatic carbocycles. The Morgan fingerprint density at radius 1 is 1.07 bits per heavy atom. The molecule has 1 nitrogen and oxygen atoms in total. The van der Waals surface area contributed by atoms with Gasteiger partial charge in [0.15, 0.2) is 0 Å². The number of halogens is 3. The topological polar surface area (TPSA) is 9.23 Å². The third kappa shape index (κ3) is 1.14. The molecule has 0 fully saturated rings. The summed E-state index contributed by atoms with van der Waals surface area (Å²) in [4.78, 5) is 0. The lowest BCUT2D eigenvalue weighted by molar-refractivity contribution is -0.138. The highest BCUT2D eigenvalue weighted by atomic mass is 19.4. The second-order valence-electron chi connectivity index (χ2n) is 3.67. The molecule has 0 saturated heterocycles. The van der Waals surface area contributed by atoms with Crippen LogP contribution in [0.5, 0.6) is 0 Å². The highest BCUT2D eigenvalue weighted by Gasteiger charge is 2.42. The molecule has 78 valence electrons. The van der Waals surface area contributed by atoms with Gasteiger partial charge in [0.1, 0.15) is 12.2 Å². The fourth-order valence-electron chi connectivity index (χ4n) is 2.19. The lowest BCUT2D eigenvalue weighted by Gasteiger charge is -2.15. The smallest absolute Gasteiger partial charge is 0.357 e. The van der Waals surface area contributed by atoms with Gasteiger partial charge in [-0.3, -0.25) is 0 Å². The van der Waals surface area contributed by atoms with Crippen LogP contribution in [0.3, 0.4) is 0 Å². The van der Waals surface area contributed by atoms with Crippen LogP contribution in [0.4, 0.5) is 13.2 Å². The molecule has 15 heavy (non-hydrogen) atoms. The Balaban J connectivity index is 2.22. The van der Waals surface area contributed by atoms with Crippen LogP contribution >= 0.6 is 0 Å². The lowest BCUT2D eigenvalue weighted by atomic mass is 9.92. The molecule has 2 aliphatic heterocycles. The van der Waals surface area contributed by atoms with Crippen molar-refractivity contribution in [2.24, 2.45) is 0 Å². The van der Waals surface area contributed by atoms with Crippen molar-refractivity contribution < 1.29 is 17.9 Å². The predicted molar refractivity (Wildman–Crippen MR) is 47.2 cm³/mol. The zero-order valence-corrected chi connectivity index (χ0v) is 7.58. The Kier molecular flexibility index (Phi) is 1.58. The maximum atomic E-state index is 12.7. The maximum absolute atomic E-state index is 12.7. The Labute approximate surface area is 84.2 Å². The van der Waals surface area contributed by atoms with Crippen molar-refractivity contribution in [1.29, 1.82) is 0 Å². The van der Waals surface area contributed by atoms with Gasteiger partial charge in [0.05, 0.1) is 5.56 Å². The van der Waals surface area contributed by atoms with Crippen LogP contribution in [-0.2, 0) is 10.9 Å². The Morgan fingerprint density at radius 2 is 1.80 bits per heavy atom. The summed E-state index contributed by atoms with van der Waals surface area (Å²) in [5.41, 5.74) is 0.367. The average Bonchev–Trinajstić information content (AvgIpc) is 2.76. The minimum Gasteiger partial charge on any atom is -0.357 e. The predicted octanol–water partition coefficient (Wildman–Crippen LogP) is 3.39. The van der Waals surface area contributed by atoms with Gasteiger partial charge in [-0.15, -0.1) is 0 Å². The van der Waals surface area contributed by atoms with Gasteiger partial charge in [0, 0.05) is 5.56 Å². The minimum atomic E-state index is -4.30. The summed E-state index contributed by atoms with van der Waals surface area (Å²) in [6.07, 6.45) is -1.61. The normalized spacial score (nSPS) is 27.1. The molecule has 0 unspecified atom stereocenters. The van der Waals surface area contributed by atoms with Crippen molar-refractivity contribution in [3.05, 3.63) is 47.0 Å². The summed E-state index contributed by atoms with van der Waals surface area (Å²) in [5, 5.41) is 0. The molecule has 2 bridgehead atoms. The Hall–Kier alpha value is -1.29. The van der Waals surface area contributed by atoms with Gasteiger partial charge in [-0.1, -0.05) is 24.3 Å². The van der Waals surface area contributed by atoms with Crippen LogP contribution in [0.2, 0.25) is 0 Å². The number of fused-ring (bicyclic) bond motifs is 5. The van der Waals surface area contributed by atoms with Crippen LogP contribution in [0.15, 0.2) is 30.4 Å². The molecule has 3 rings (SSSR count). The van der Waals surface area contributed by atoms with Crippen LogP contribution in [-0.4, -0.2) is 0 Å². The standard InChI is InChI=1S/C11H7F3O/c12-11(13,14)7-3-1-2-6-8-4-5-9(15-8)10(6)7/h1-5,8-9H/t8-,9-/m1/s1. The van der Waals surface area contributed by atoms with Crippen LogP contribution < -0.4 is 0 Å². The number of benzene rings is 1. The molecule has 0 N–H and O–H groups in total. The summed E-state index contributed by atoms with van der Waals surface area (Å²) < 4.78 is 43.4. The zero-order chi connectivity index (χ0) is 10.6. The van der Waals surface area contributed by atoms with E-state index in [1.807, 2.05) is 0 Å². The first-order valence-corrected chi connectivity index (χ1v) is 4.61. The molecule has 2 atom stereocenters. The van der Waals surface area contributed by atoms with E-state index in [0.29, 0.717) is 5.56 Å². The third-order valence-electron chi connectivity index (χ3n) is 2.79. The van der Waals surface area contributed by atoms with Gasteiger partial charge in [-0.25, -0.2) is 0 Å². The molecule has 0 aromatic heterocycles. The number of ether oxygens (including phenoxy) is 1. The van der Waals surface area contributed by atoms with Crippen molar-refractivity contribution in [3.8, 4) is 0 Å². The fraction of sp³-hybridized carbons (Fsp3) is 0.273.